The minimum Gasteiger partial charge on any atom is -0.462 e. The fourth-order valence-corrected chi connectivity index (χ4v) is 7.10. The molecule has 0 bridgehead atoms. The highest BCUT2D eigenvalue weighted by Crippen LogP contribution is 2.43. The van der Waals surface area contributed by atoms with Gasteiger partial charge in [0.2, 0.25) is 0 Å². The summed E-state index contributed by atoms with van der Waals surface area (Å²) in [5.41, 5.74) is 0. The molecule has 3 atom stereocenters. The molecule has 10 nitrogen and oxygen atoms in total. The molecule has 0 saturated carbocycles. The van der Waals surface area contributed by atoms with Crippen molar-refractivity contribution in [3.05, 3.63) is 0 Å². The van der Waals surface area contributed by atoms with Gasteiger partial charge in [0.15, 0.2) is 11.9 Å². The zero-order valence-electron chi connectivity index (χ0n) is 32.8. The Morgan fingerprint density at radius 3 is 1.20 bits per heavy atom. The summed E-state index contributed by atoms with van der Waals surface area (Å²) in [4.78, 5) is 44.2. The normalized spacial score (nSPS) is 13.6. The Morgan fingerprint density at radius 2 is 0.863 bits per heavy atom. The lowest BCUT2D eigenvalue weighted by Gasteiger charge is -2.25. The van der Waals surface area contributed by atoms with Crippen LogP contribution in [0.3, 0.4) is 0 Å². The van der Waals surface area contributed by atoms with E-state index in [4.69, 9.17) is 14.2 Å². The van der Waals surface area contributed by atoms with E-state index in [1.54, 1.807) is 0 Å². The molecule has 4 N–H and O–H groups in total. The van der Waals surface area contributed by atoms with Crippen molar-refractivity contribution in [2.45, 2.75) is 225 Å². The summed E-state index contributed by atoms with van der Waals surface area (Å²) in [5.74, 6) is -2.95. The van der Waals surface area contributed by atoms with Gasteiger partial charge in [-0.25, -0.2) is 0 Å². The van der Waals surface area contributed by atoms with Gasteiger partial charge in [-0.15, -0.1) is 0 Å². The summed E-state index contributed by atoms with van der Waals surface area (Å²) in [6, 6.07) is 0. The Kier molecular flexibility index (Phi) is 35.2. The Balaban J connectivity index is 4.35. The predicted molar refractivity (Wildman–Crippen MR) is 206 cm³/mol. The minimum atomic E-state index is -4.94. The molecule has 51 heavy (non-hydrogen) atoms. The third-order valence-corrected chi connectivity index (χ3v) is 10.7. The topological polar surface area (TPSA) is 160 Å². The van der Waals surface area contributed by atoms with Gasteiger partial charge in [0.05, 0.1) is 13.2 Å². The maximum Gasteiger partial charge on any atom is 0.356 e. The molecule has 0 aliphatic rings. The number of esters is 2. The van der Waals surface area contributed by atoms with Crippen LogP contribution in [0.1, 0.15) is 206 Å². The van der Waals surface area contributed by atoms with Gasteiger partial charge >= 0.3 is 19.5 Å². The first-order valence-corrected chi connectivity index (χ1v) is 22.6. The highest BCUT2D eigenvalue weighted by molar-refractivity contribution is 7.52. The average molecular weight is 751 g/mol. The van der Waals surface area contributed by atoms with E-state index >= 15 is 0 Å². The zero-order valence-corrected chi connectivity index (χ0v) is 33.6. The molecule has 0 spiro atoms. The van der Waals surface area contributed by atoms with Crippen molar-refractivity contribution in [2.75, 3.05) is 19.8 Å². The smallest absolute Gasteiger partial charge is 0.356 e. The number of hydrogen-bond donors (Lipinski definition) is 4. The molecule has 11 heteroatoms. The summed E-state index contributed by atoms with van der Waals surface area (Å²) in [6.07, 6.45) is 31.2. The lowest BCUT2D eigenvalue weighted by molar-refractivity contribution is -0.164. The van der Waals surface area contributed by atoms with Gasteiger partial charge in [-0.1, -0.05) is 181 Å². The van der Waals surface area contributed by atoms with E-state index in [0.29, 0.717) is 12.8 Å². The first-order valence-electron chi connectivity index (χ1n) is 21.0. The van der Waals surface area contributed by atoms with Crippen molar-refractivity contribution in [1.82, 2.24) is 0 Å². The molecule has 0 aliphatic carbocycles. The molecule has 2 unspecified atom stereocenters. The van der Waals surface area contributed by atoms with E-state index < -0.39 is 50.8 Å². The highest BCUT2D eigenvalue weighted by Gasteiger charge is 2.37. The van der Waals surface area contributed by atoms with Crippen molar-refractivity contribution in [2.24, 2.45) is 0 Å². The van der Waals surface area contributed by atoms with Crippen LogP contribution in [0.5, 0.6) is 0 Å². The predicted octanol–water partition coefficient (Wildman–Crippen LogP) is 10.1. The van der Waals surface area contributed by atoms with Crippen LogP contribution < -0.4 is 0 Å². The Labute approximate surface area is 311 Å². The maximum absolute atomic E-state index is 12.6. The molecule has 0 aromatic carbocycles. The fourth-order valence-electron chi connectivity index (χ4n) is 6.28. The molecule has 304 valence electrons. The second-order valence-corrected chi connectivity index (χ2v) is 16.2. The largest absolute Gasteiger partial charge is 0.462 e. The molecular weight excluding hydrogens is 671 g/mol. The standard InChI is InChI=1S/C40H79O10P/c1-3-5-7-9-11-13-15-17-19-21-23-25-27-29-31-38(43)48-34-36(35-49-40(37(42)33-41)51(45,46)47)50-39(44)32-30-28-26-24-22-20-18-16-14-12-10-8-6-4-2/h36-37,40-42H,3-35H2,1-2H3,(H2,45,46,47)/t36-,37?,40?/m1/s1. The number of ether oxygens (including phenoxy) is 3. The van der Waals surface area contributed by atoms with Crippen LogP contribution in [-0.4, -0.2) is 69.8 Å². The van der Waals surface area contributed by atoms with Gasteiger partial charge in [0.1, 0.15) is 12.7 Å². The van der Waals surface area contributed by atoms with Crippen LogP contribution in [0.15, 0.2) is 0 Å². The lowest BCUT2D eigenvalue weighted by Crippen LogP contribution is -2.37. The van der Waals surface area contributed by atoms with Gasteiger partial charge in [-0.2, -0.15) is 0 Å². The third kappa shape index (κ3) is 33.3. The van der Waals surface area contributed by atoms with E-state index in [1.807, 2.05) is 0 Å². The number of carbonyl (C=O) groups excluding carboxylic acids is 2. The Bertz CT molecular complexity index is 836. The number of aliphatic hydroxyl groups excluding tert-OH is 2. The number of rotatable bonds is 39. The molecule has 0 aliphatic heterocycles. The highest BCUT2D eigenvalue weighted by atomic mass is 31.2. The molecule has 0 aromatic rings. The first kappa shape index (κ1) is 50.0. The lowest BCUT2D eigenvalue weighted by atomic mass is 10.0. The zero-order chi connectivity index (χ0) is 37.8. The molecule has 0 rings (SSSR count). The van der Waals surface area contributed by atoms with Crippen LogP contribution in [0.4, 0.5) is 0 Å². The van der Waals surface area contributed by atoms with E-state index in [2.05, 4.69) is 13.8 Å². The SMILES string of the molecule is CCCCCCCCCCCCCCCCC(=O)OC[C@H](COC(C(O)CO)P(=O)(O)O)OC(=O)CCCCCCCCCCCCCCCC. The first-order chi connectivity index (χ1) is 24.6. The number of aliphatic hydroxyl groups is 2. The van der Waals surface area contributed by atoms with Gasteiger partial charge in [-0.3, -0.25) is 14.2 Å². The van der Waals surface area contributed by atoms with Crippen molar-refractivity contribution >= 4 is 19.5 Å². The minimum absolute atomic E-state index is 0.169. The molecule has 0 fully saturated rings. The Hall–Kier alpha value is -1.03. The van der Waals surface area contributed by atoms with E-state index in [1.165, 1.54) is 128 Å². The number of carbonyl (C=O) groups is 2. The second kappa shape index (κ2) is 36.0. The summed E-state index contributed by atoms with van der Waals surface area (Å²) in [7, 11) is -4.94. The second-order valence-electron chi connectivity index (χ2n) is 14.6. The summed E-state index contributed by atoms with van der Waals surface area (Å²) < 4.78 is 27.9. The maximum atomic E-state index is 12.6. The van der Waals surface area contributed by atoms with Crippen LogP contribution in [0, 0.1) is 0 Å². The summed E-state index contributed by atoms with van der Waals surface area (Å²) in [5, 5.41) is 19.1. The fraction of sp³-hybridized carbons (Fsp3) is 0.950. The number of hydrogen-bond acceptors (Lipinski definition) is 8. The average Bonchev–Trinajstić information content (AvgIpc) is 3.10. The van der Waals surface area contributed by atoms with Gasteiger partial charge in [0, 0.05) is 12.8 Å². The van der Waals surface area contributed by atoms with E-state index in [0.717, 1.165) is 38.5 Å². The monoisotopic (exact) mass is 751 g/mol. The molecule has 0 aromatic heterocycles. The van der Waals surface area contributed by atoms with Gasteiger partial charge < -0.3 is 34.2 Å². The quantitative estimate of drug-likeness (QED) is 0.0270. The third-order valence-electron chi connectivity index (χ3n) is 9.50. The molecule has 0 radical (unpaired) electrons. The van der Waals surface area contributed by atoms with Crippen molar-refractivity contribution in [3.8, 4) is 0 Å². The summed E-state index contributed by atoms with van der Waals surface area (Å²) >= 11 is 0. The molecule has 0 amide bonds. The van der Waals surface area contributed by atoms with Crippen LogP contribution in [0.2, 0.25) is 0 Å². The van der Waals surface area contributed by atoms with Crippen LogP contribution >= 0.6 is 7.60 Å². The van der Waals surface area contributed by atoms with Crippen LogP contribution in [0.25, 0.3) is 0 Å². The van der Waals surface area contributed by atoms with E-state index in [-0.39, 0.29) is 19.4 Å². The van der Waals surface area contributed by atoms with Crippen molar-refractivity contribution in [3.63, 3.8) is 0 Å². The van der Waals surface area contributed by atoms with E-state index in [9.17, 15) is 34.2 Å². The van der Waals surface area contributed by atoms with Gasteiger partial charge in [0.25, 0.3) is 0 Å². The Morgan fingerprint density at radius 1 is 0.529 bits per heavy atom. The van der Waals surface area contributed by atoms with Crippen molar-refractivity contribution in [1.29, 1.82) is 0 Å². The van der Waals surface area contributed by atoms with Crippen molar-refractivity contribution < 1.29 is 48.4 Å². The summed E-state index contributed by atoms with van der Waals surface area (Å²) in [6.45, 7) is 2.72. The molecule has 0 heterocycles. The molecule has 0 saturated heterocycles. The number of unbranched alkanes of at least 4 members (excludes halogenated alkanes) is 26. The van der Waals surface area contributed by atoms with Gasteiger partial charge in [-0.05, 0) is 12.8 Å². The van der Waals surface area contributed by atoms with Crippen LogP contribution in [-0.2, 0) is 28.4 Å². The molecular formula is C40H79O10P.